The van der Waals surface area contributed by atoms with E-state index in [1.165, 1.54) is 12.5 Å². The number of H-pyrrole nitrogens is 1. The molecule has 0 spiro atoms. The third-order valence-electron chi connectivity index (χ3n) is 5.35. The average molecular weight is 365 g/mol. The van der Waals surface area contributed by atoms with Crippen molar-refractivity contribution >= 4 is 23.1 Å². The fourth-order valence-corrected chi connectivity index (χ4v) is 3.92. The van der Waals surface area contributed by atoms with E-state index in [-0.39, 0.29) is 11.3 Å². The molecule has 1 saturated heterocycles. The number of nitrogens with one attached hydrogen (secondary N) is 2. The Morgan fingerprint density at radius 3 is 2.59 bits per heavy atom. The summed E-state index contributed by atoms with van der Waals surface area (Å²) in [4.78, 5) is 42.3. The molecule has 1 aliphatic carbocycles. The summed E-state index contributed by atoms with van der Waals surface area (Å²) in [5, 5.41) is 2.87. The van der Waals surface area contributed by atoms with E-state index in [1.54, 1.807) is 0 Å². The molecule has 0 atom stereocenters. The maximum absolute atomic E-state index is 12.8. The van der Waals surface area contributed by atoms with E-state index in [0.717, 1.165) is 38.0 Å². The Hall–Kier alpha value is -2.89. The number of piperidine rings is 1. The number of pyridine rings is 1. The number of ketones is 1. The first-order valence-corrected chi connectivity index (χ1v) is 9.58. The number of nitrogens with zero attached hydrogens (tertiary/aromatic N) is 1. The molecular formula is C21H23N3O3. The molecule has 0 bridgehead atoms. The van der Waals surface area contributed by atoms with E-state index in [2.05, 4.69) is 15.2 Å². The fourth-order valence-electron chi connectivity index (χ4n) is 3.92. The third-order valence-corrected chi connectivity index (χ3v) is 5.35. The standard InChI is InChI=1S/C21H23N3O3/c25-19-10-6-8-16-14(19)13-15(20(26)22-16)21(27)23-17-7-2-3-9-18(17)24-11-4-1-5-12-24/h2-3,7,9,13H,1,4-6,8,10-12H2,(H,22,26)(H,23,27). The highest BCUT2D eigenvalue weighted by molar-refractivity contribution is 6.07. The van der Waals surface area contributed by atoms with Crippen LogP contribution in [0, 0.1) is 0 Å². The van der Waals surface area contributed by atoms with Crippen LogP contribution in [0.1, 0.15) is 58.5 Å². The van der Waals surface area contributed by atoms with E-state index >= 15 is 0 Å². The number of amides is 1. The second-order valence-corrected chi connectivity index (χ2v) is 7.20. The zero-order valence-corrected chi connectivity index (χ0v) is 15.2. The molecular weight excluding hydrogens is 342 g/mol. The summed E-state index contributed by atoms with van der Waals surface area (Å²) in [7, 11) is 0. The Labute approximate surface area is 157 Å². The number of rotatable bonds is 3. The number of benzene rings is 1. The molecule has 2 heterocycles. The molecule has 1 amide bonds. The number of carbonyl (C=O) groups excluding carboxylic acids is 2. The number of aromatic nitrogens is 1. The zero-order valence-electron chi connectivity index (χ0n) is 15.2. The van der Waals surface area contributed by atoms with E-state index in [1.807, 2.05) is 24.3 Å². The largest absolute Gasteiger partial charge is 0.370 e. The summed E-state index contributed by atoms with van der Waals surface area (Å²) >= 11 is 0. The highest BCUT2D eigenvalue weighted by Gasteiger charge is 2.23. The van der Waals surface area contributed by atoms with Gasteiger partial charge in [-0.05, 0) is 50.3 Å². The topological polar surface area (TPSA) is 82.3 Å². The van der Waals surface area contributed by atoms with Crippen molar-refractivity contribution in [2.24, 2.45) is 0 Å². The first-order valence-electron chi connectivity index (χ1n) is 9.58. The quantitative estimate of drug-likeness (QED) is 0.875. The Morgan fingerprint density at radius 1 is 1.00 bits per heavy atom. The predicted molar refractivity (Wildman–Crippen MR) is 105 cm³/mol. The number of carbonyl (C=O) groups is 2. The lowest BCUT2D eigenvalue weighted by atomic mass is 9.93. The Balaban J connectivity index is 1.63. The van der Waals surface area contributed by atoms with Crippen molar-refractivity contribution in [2.75, 3.05) is 23.3 Å². The van der Waals surface area contributed by atoms with E-state index in [0.29, 0.717) is 29.8 Å². The molecule has 0 unspecified atom stereocenters. The van der Waals surface area contributed by atoms with Gasteiger partial charge >= 0.3 is 0 Å². The molecule has 6 nitrogen and oxygen atoms in total. The van der Waals surface area contributed by atoms with Gasteiger partial charge in [0.1, 0.15) is 5.56 Å². The normalized spacial score (nSPS) is 16.7. The van der Waals surface area contributed by atoms with Crippen molar-refractivity contribution in [3.05, 3.63) is 57.5 Å². The molecule has 27 heavy (non-hydrogen) atoms. The predicted octanol–water partition coefficient (Wildman–Crippen LogP) is 3.14. The highest BCUT2D eigenvalue weighted by Crippen LogP contribution is 2.28. The van der Waals surface area contributed by atoms with Gasteiger partial charge in [0.25, 0.3) is 11.5 Å². The molecule has 1 fully saturated rings. The lowest BCUT2D eigenvalue weighted by molar-refractivity contribution is 0.0971. The van der Waals surface area contributed by atoms with Gasteiger partial charge in [0.2, 0.25) is 0 Å². The molecule has 0 radical (unpaired) electrons. The highest BCUT2D eigenvalue weighted by atomic mass is 16.2. The number of aryl methyl sites for hydroxylation is 1. The monoisotopic (exact) mass is 365 g/mol. The molecule has 1 aromatic carbocycles. The summed E-state index contributed by atoms with van der Waals surface area (Å²) in [6.07, 6.45) is 5.34. The zero-order chi connectivity index (χ0) is 18.8. The van der Waals surface area contributed by atoms with Crippen molar-refractivity contribution in [3.8, 4) is 0 Å². The average Bonchev–Trinajstić information content (AvgIpc) is 2.69. The van der Waals surface area contributed by atoms with E-state index in [4.69, 9.17) is 0 Å². The van der Waals surface area contributed by atoms with Crippen molar-refractivity contribution in [2.45, 2.75) is 38.5 Å². The molecule has 1 aromatic heterocycles. The molecule has 0 saturated carbocycles. The number of hydrogen-bond acceptors (Lipinski definition) is 4. The minimum Gasteiger partial charge on any atom is -0.370 e. The van der Waals surface area contributed by atoms with Crippen LogP contribution in [0.4, 0.5) is 11.4 Å². The minimum atomic E-state index is -0.484. The summed E-state index contributed by atoms with van der Waals surface area (Å²) in [6.45, 7) is 1.92. The number of hydrogen-bond donors (Lipinski definition) is 2. The summed E-state index contributed by atoms with van der Waals surface area (Å²) < 4.78 is 0. The fraction of sp³-hybridized carbons (Fsp3) is 0.381. The van der Waals surface area contributed by atoms with Crippen LogP contribution in [0.5, 0.6) is 0 Å². The maximum Gasteiger partial charge on any atom is 0.261 e. The van der Waals surface area contributed by atoms with Crippen LogP contribution >= 0.6 is 0 Å². The number of aromatic amines is 1. The molecule has 2 aliphatic rings. The van der Waals surface area contributed by atoms with Crippen molar-refractivity contribution < 1.29 is 9.59 Å². The van der Waals surface area contributed by atoms with Crippen molar-refractivity contribution in [1.29, 1.82) is 0 Å². The van der Waals surface area contributed by atoms with Gasteiger partial charge in [-0.25, -0.2) is 0 Å². The van der Waals surface area contributed by atoms with Crippen LogP contribution in [-0.4, -0.2) is 29.8 Å². The Bertz CT molecular complexity index is 942. The van der Waals surface area contributed by atoms with Gasteiger partial charge in [0.05, 0.1) is 11.4 Å². The smallest absolute Gasteiger partial charge is 0.261 e. The third kappa shape index (κ3) is 3.52. The first kappa shape index (κ1) is 17.5. The number of fused-ring (bicyclic) bond motifs is 1. The second kappa shape index (κ2) is 7.39. The second-order valence-electron chi connectivity index (χ2n) is 7.20. The van der Waals surface area contributed by atoms with Gasteiger partial charge < -0.3 is 15.2 Å². The molecule has 2 N–H and O–H groups in total. The Morgan fingerprint density at radius 2 is 1.78 bits per heavy atom. The maximum atomic E-state index is 12.8. The first-order chi connectivity index (χ1) is 13.1. The van der Waals surface area contributed by atoms with Gasteiger partial charge in [-0.15, -0.1) is 0 Å². The summed E-state index contributed by atoms with van der Waals surface area (Å²) in [5.41, 5.74) is 2.30. The van der Waals surface area contributed by atoms with Gasteiger partial charge in [-0.2, -0.15) is 0 Å². The Kier molecular flexibility index (Phi) is 4.79. The molecule has 6 heteroatoms. The van der Waals surface area contributed by atoms with Gasteiger partial charge in [0, 0.05) is 30.8 Å². The van der Waals surface area contributed by atoms with Crippen molar-refractivity contribution in [1.82, 2.24) is 4.98 Å². The van der Waals surface area contributed by atoms with Crippen LogP contribution in [0.2, 0.25) is 0 Å². The van der Waals surface area contributed by atoms with Gasteiger partial charge in [-0.3, -0.25) is 14.4 Å². The van der Waals surface area contributed by atoms with E-state index in [9.17, 15) is 14.4 Å². The summed E-state index contributed by atoms with van der Waals surface area (Å²) in [5.74, 6) is -0.503. The van der Waals surface area contributed by atoms with Crippen LogP contribution < -0.4 is 15.8 Å². The minimum absolute atomic E-state index is 0.0163. The lowest BCUT2D eigenvalue weighted by Crippen LogP contribution is -2.31. The number of anilines is 2. The molecule has 4 rings (SSSR count). The van der Waals surface area contributed by atoms with Crippen molar-refractivity contribution in [3.63, 3.8) is 0 Å². The number of Topliss-reactive ketones (excluding diaryl/α,β-unsaturated/α-hetero) is 1. The van der Waals surface area contributed by atoms with Crippen LogP contribution in [0.25, 0.3) is 0 Å². The van der Waals surface area contributed by atoms with E-state index < -0.39 is 11.5 Å². The lowest BCUT2D eigenvalue weighted by Gasteiger charge is -2.30. The van der Waals surface area contributed by atoms with Crippen LogP contribution in [0.15, 0.2) is 35.1 Å². The molecule has 2 aromatic rings. The van der Waals surface area contributed by atoms with Crippen LogP contribution in [0.3, 0.4) is 0 Å². The molecule has 1 aliphatic heterocycles. The van der Waals surface area contributed by atoms with Gasteiger partial charge in [-0.1, -0.05) is 12.1 Å². The summed E-state index contributed by atoms with van der Waals surface area (Å²) in [6, 6.07) is 9.10. The SMILES string of the molecule is O=C1CCCc2[nH]c(=O)c(C(=O)Nc3ccccc3N3CCCCC3)cc21. The number of para-hydroxylation sites is 2. The van der Waals surface area contributed by atoms with Crippen LogP contribution in [-0.2, 0) is 6.42 Å². The molecule has 140 valence electrons. The van der Waals surface area contributed by atoms with Gasteiger partial charge in [0.15, 0.2) is 5.78 Å².